The molecule has 1 aliphatic carbocycles. The van der Waals surface area contributed by atoms with Crippen molar-refractivity contribution < 1.29 is 9.58 Å². The summed E-state index contributed by atoms with van der Waals surface area (Å²) in [4.78, 5) is 14.5. The fourth-order valence-electron chi connectivity index (χ4n) is 4.23. The van der Waals surface area contributed by atoms with E-state index in [2.05, 4.69) is 56.8 Å². The Hall–Kier alpha value is -4.35. The molecule has 0 saturated heterocycles. The van der Waals surface area contributed by atoms with Crippen LogP contribution in [0.25, 0.3) is 28.0 Å². The number of carbonyl (C=O) groups is 1. The number of aryl methyl sites for hydroxylation is 2. The van der Waals surface area contributed by atoms with Crippen LogP contribution in [-0.4, -0.2) is 31.9 Å². The number of benzene rings is 3. The van der Waals surface area contributed by atoms with Crippen LogP contribution in [0.2, 0.25) is 0 Å². The van der Waals surface area contributed by atoms with Gasteiger partial charge in [0.1, 0.15) is 5.69 Å². The summed E-state index contributed by atoms with van der Waals surface area (Å²) in [7, 11) is 0. The highest BCUT2D eigenvalue weighted by Crippen LogP contribution is 2.37. The lowest BCUT2D eigenvalue weighted by Gasteiger charge is -2.18. The molecule has 156 valence electrons. The molecular weight excluding hydrogens is 400 g/mol. The van der Waals surface area contributed by atoms with Gasteiger partial charge in [-0.3, -0.25) is 4.79 Å². The largest absolute Gasteiger partial charge is 0.361 e. The number of rotatable bonds is 4. The van der Waals surface area contributed by atoms with Gasteiger partial charge in [0, 0.05) is 16.8 Å². The van der Waals surface area contributed by atoms with Gasteiger partial charge >= 0.3 is 12.1 Å². The molecular formula is C25H20N6O. The zero-order valence-electron chi connectivity index (χ0n) is 17.3. The van der Waals surface area contributed by atoms with E-state index in [9.17, 15) is 4.79 Å². The molecule has 0 spiro atoms. The van der Waals surface area contributed by atoms with Gasteiger partial charge in [0.05, 0.1) is 12.2 Å². The van der Waals surface area contributed by atoms with Crippen LogP contribution in [0.5, 0.6) is 0 Å². The van der Waals surface area contributed by atoms with Gasteiger partial charge in [-0.2, -0.15) is 4.79 Å². The lowest BCUT2D eigenvalue weighted by atomic mass is 9.89. The summed E-state index contributed by atoms with van der Waals surface area (Å²) in [6.45, 7) is 0.497. The fraction of sp³-hybridized carbons (Fsp3) is 0.120. The molecule has 3 aromatic carbocycles. The average Bonchev–Trinajstić information content (AvgIpc) is 3.19. The van der Waals surface area contributed by atoms with Crippen molar-refractivity contribution in [3.8, 4) is 22.5 Å². The number of carbonyl (C=O) groups excluding carboxylic acids is 1. The molecule has 4 aromatic rings. The zero-order valence-corrected chi connectivity index (χ0v) is 17.3. The molecule has 5 rings (SSSR count). The summed E-state index contributed by atoms with van der Waals surface area (Å²) in [6.07, 6.45) is 2.73. The maximum absolute atomic E-state index is 11.7. The Kier molecular flexibility index (Phi) is 5.15. The predicted molar refractivity (Wildman–Crippen MR) is 122 cm³/mol. The van der Waals surface area contributed by atoms with Crippen molar-refractivity contribution in [1.29, 1.82) is 0 Å². The zero-order chi connectivity index (χ0) is 21.9. The Morgan fingerprint density at radius 1 is 1.00 bits per heavy atom. The predicted octanol–water partition coefficient (Wildman–Crippen LogP) is 4.00. The van der Waals surface area contributed by atoms with E-state index in [0.717, 1.165) is 47.1 Å². The van der Waals surface area contributed by atoms with Crippen LogP contribution < -0.4 is 5.32 Å². The van der Waals surface area contributed by atoms with E-state index in [1.165, 1.54) is 11.1 Å². The Bertz CT molecular complexity index is 1370. The van der Waals surface area contributed by atoms with Gasteiger partial charge in [0.2, 0.25) is 0 Å². The van der Waals surface area contributed by atoms with Crippen LogP contribution in [0.1, 0.15) is 16.7 Å². The maximum atomic E-state index is 11.7. The quantitative estimate of drug-likeness (QED) is 0.307. The molecule has 1 heterocycles. The summed E-state index contributed by atoms with van der Waals surface area (Å²) in [6, 6.07) is 24.3. The van der Waals surface area contributed by atoms with E-state index in [1.54, 1.807) is 6.07 Å². The van der Waals surface area contributed by atoms with E-state index >= 15 is 0 Å². The van der Waals surface area contributed by atoms with Crippen LogP contribution >= 0.6 is 0 Å². The maximum Gasteiger partial charge on any atom is 0.344 e. The molecule has 0 saturated carbocycles. The number of hydrogen-bond acceptors (Lipinski definition) is 3. The first kappa shape index (κ1) is 19.6. The lowest BCUT2D eigenvalue weighted by Crippen LogP contribution is -2.13. The molecule has 7 nitrogen and oxygen atoms in total. The van der Waals surface area contributed by atoms with Crippen molar-refractivity contribution in [2.24, 2.45) is 0 Å². The van der Waals surface area contributed by atoms with Gasteiger partial charge in [-0.25, -0.2) is 4.68 Å². The van der Waals surface area contributed by atoms with Crippen molar-refractivity contribution in [2.45, 2.75) is 19.4 Å². The smallest absolute Gasteiger partial charge is 0.344 e. The van der Waals surface area contributed by atoms with Crippen LogP contribution in [-0.2, 0) is 24.2 Å². The van der Waals surface area contributed by atoms with E-state index in [-0.39, 0.29) is 0 Å². The first-order valence-electron chi connectivity index (χ1n) is 10.4. The van der Waals surface area contributed by atoms with E-state index < -0.39 is 5.91 Å². The van der Waals surface area contributed by atoms with Crippen LogP contribution in [0.15, 0.2) is 72.8 Å². The van der Waals surface area contributed by atoms with Crippen molar-refractivity contribution in [1.82, 2.24) is 15.0 Å². The van der Waals surface area contributed by atoms with Crippen molar-refractivity contribution >= 4 is 17.8 Å². The number of amides is 1. The standard InChI is InChI=1S/C25H20N6O/c26-27-15-23(32)28-20-9-5-6-17(14-20)16-31-25-22-11-4-2-8-19(22)13-12-18-7-1-3-10-21(18)24(25)29-30-31/h1-11,14-15H,12-13,16H2,(H,28,32). The second-order valence-corrected chi connectivity index (χ2v) is 7.69. The molecule has 32 heavy (non-hydrogen) atoms. The number of fused-ring (bicyclic) bond motifs is 5. The highest BCUT2D eigenvalue weighted by molar-refractivity contribution is 6.29. The summed E-state index contributed by atoms with van der Waals surface area (Å²) in [5.74, 6) is -0.499. The van der Waals surface area contributed by atoms with Crippen molar-refractivity contribution in [3.05, 3.63) is 95.0 Å². The van der Waals surface area contributed by atoms with Gasteiger partial charge < -0.3 is 10.8 Å². The fourth-order valence-corrected chi connectivity index (χ4v) is 4.23. The molecule has 0 bridgehead atoms. The molecule has 0 aliphatic heterocycles. The monoisotopic (exact) mass is 420 g/mol. The first-order valence-corrected chi connectivity index (χ1v) is 10.4. The number of nitrogens with zero attached hydrogens (tertiary/aromatic N) is 5. The van der Waals surface area contributed by atoms with E-state index in [1.807, 2.05) is 35.0 Å². The van der Waals surface area contributed by atoms with E-state index in [4.69, 9.17) is 5.53 Å². The molecule has 1 aromatic heterocycles. The molecule has 0 unspecified atom stereocenters. The number of hydrogen-bond donors (Lipinski definition) is 1. The second kappa shape index (κ2) is 8.41. The molecule has 7 heteroatoms. The number of nitrogens with one attached hydrogen (secondary N) is 1. The van der Waals surface area contributed by atoms with Gasteiger partial charge in [-0.1, -0.05) is 65.9 Å². The molecule has 1 aliphatic rings. The first-order chi connectivity index (χ1) is 15.7. The summed E-state index contributed by atoms with van der Waals surface area (Å²) >= 11 is 0. The van der Waals surface area contributed by atoms with Crippen molar-refractivity contribution in [3.63, 3.8) is 0 Å². The van der Waals surface area contributed by atoms with Crippen LogP contribution in [0.3, 0.4) is 0 Å². The summed E-state index contributed by atoms with van der Waals surface area (Å²) in [5.41, 5.74) is 16.8. The van der Waals surface area contributed by atoms with Crippen molar-refractivity contribution in [2.75, 3.05) is 5.32 Å². The third kappa shape index (κ3) is 3.73. The van der Waals surface area contributed by atoms with Gasteiger partial charge in [0.15, 0.2) is 0 Å². The third-order valence-electron chi connectivity index (χ3n) is 5.65. The minimum absolute atomic E-state index is 0.497. The average molecular weight is 420 g/mol. The topological polar surface area (TPSA) is 96.2 Å². The van der Waals surface area contributed by atoms with Crippen LogP contribution in [0.4, 0.5) is 5.69 Å². The lowest BCUT2D eigenvalue weighted by molar-refractivity contribution is -0.113. The second-order valence-electron chi connectivity index (χ2n) is 7.69. The Balaban J connectivity index is 1.58. The normalized spacial score (nSPS) is 11.8. The molecule has 0 fully saturated rings. The molecule has 1 N–H and O–H groups in total. The highest BCUT2D eigenvalue weighted by Gasteiger charge is 2.23. The summed E-state index contributed by atoms with van der Waals surface area (Å²) < 4.78 is 1.92. The molecule has 0 atom stereocenters. The van der Waals surface area contributed by atoms with Gasteiger partial charge in [0.25, 0.3) is 0 Å². The molecule has 1 amide bonds. The Morgan fingerprint density at radius 3 is 2.50 bits per heavy atom. The van der Waals surface area contributed by atoms with Crippen LogP contribution in [0, 0.1) is 0 Å². The Labute approximate surface area is 185 Å². The minimum Gasteiger partial charge on any atom is -0.361 e. The van der Waals surface area contributed by atoms with Gasteiger partial charge in [-0.15, -0.1) is 5.10 Å². The summed E-state index contributed by atoms with van der Waals surface area (Å²) in [5, 5.41) is 11.8. The van der Waals surface area contributed by atoms with Gasteiger partial charge in [-0.05, 0) is 41.7 Å². The highest BCUT2D eigenvalue weighted by atomic mass is 16.1. The SMILES string of the molecule is [N-]=[N+]=CC(=O)Nc1cccc(Cn2nnc3c2-c2ccccc2CCc2ccccc2-3)c1. The van der Waals surface area contributed by atoms with E-state index in [0.29, 0.717) is 12.2 Å². The Morgan fingerprint density at radius 2 is 1.72 bits per heavy atom. The minimum atomic E-state index is -0.499. The molecule has 0 radical (unpaired) electrons. The number of anilines is 1. The number of aromatic nitrogens is 3. The third-order valence-corrected chi connectivity index (χ3v) is 5.65.